The molecule has 1 amide bonds. The first-order valence-corrected chi connectivity index (χ1v) is 8.56. The van der Waals surface area contributed by atoms with Gasteiger partial charge in [-0.05, 0) is 18.9 Å². The summed E-state index contributed by atoms with van der Waals surface area (Å²) in [6.07, 6.45) is 3.84. The zero-order valence-electron chi connectivity index (χ0n) is 15.0. The predicted molar refractivity (Wildman–Crippen MR) is 95.8 cm³/mol. The van der Waals surface area contributed by atoms with E-state index in [2.05, 4.69) is 20.4 Å². The molecule has 3 aromatic rings. The number of aryl methyl sites for hydroxylation is 1. The Hall–Kier alpha value is -2.81. The van der Waals surface area contributed by atoms with Crippen LogP contribution in [0.3, 0.4) is 0 Å². The maximum absolute atomic E-state index is 12.7. The maximum Gasteiger partial charge on any atom is 0.262 e. The van der Waals surface area contributed by atoms with Gasteiger partial charge < -0.3 is 15.0 Å². The fourth-order valence-corrected chi connectivity index (χ4v) is 2.84. The first kappa shape index (κ1) is 18.0. The SMILES string of the molecule is CC[C@H](C)[C@H](CO)NC(=O)Cn1ccc2c(cnc3nc(C)nn32)c1=O. The highest BCUT2D eigenvalue weighted by molar-refractivity contribution is 5.80. The number of carbonyl (C=O) groups is 1. The molecule has 9 heteroatoms. The van der Waals surface area contributed by atoms with Crippen molar-refractivity contribution >= 4 is 22.6 Å². The number of aromatic nitrogens is 5. The van der Waals surface area contributed by atoms with E-state index in [1.54, 1.807) is 19.2 Å². The molecule has 2 atom stereocenters. The van der Waals surface area contributed by atoms with Crippen LogP contribution in [0.5, 0.6) is 0 Å². The molecular formula is C17H22N6O3. The van der Waals surface area contributed by atoms with Gasteiger partial charge >= 0.3 is 0 Å². The second kappa shape index (κ2) is 7.20. The fraction of sp³-hybridized carbons (Fsp3) is 0.471. The molecule has 0 radical (unpaired) electrons. The van der Waals surface area contributed by atoms with Gasteiger partial charge in [-0.2, -0.15) is 9.50 Å². The number of aliphatic hydroxyl groups is 1. The van der Waals surface area contributed by atoms with E-state index in [0.29, 0.717) is 22.5 Å². The molecule has 0 bridgehead atoms. The number of fused-ring (bicyclic) bond motifs is 3. The molecule has 0 unspecified atom stereocenters. The van der Waals surface area contributed by atoms with Crippen LogP contribution >= 0.6 is 0 Å². The number of hydrogen-bond donors (Lipinski definition) is 2. The van der Waals surface area contributed by atoms with Crippen LogP contribution in [0.25, 0.3) is 16.7 Å². The van der Waals surface area contributed by atoms with Gasteiger partial charge in [-0.3, -0.25) is 9.59 Å². The van der Waals surface area contributed by atoms with Gasteiger partial charge in [0, 0.05) is 12.4 Å². The van der Waals surface area contributed by atoms with Gasteiger partial charge in [0.15, 0.2) is 0 Å². The molecule has 3 heterocycles. The Kier molecular flexibility index (Phi) is 4.99. The summed E-state index contributed by atoms with van der Waals surface area (Å²) in [5.41, 5.74) is 0.259. The van der Waals surface area contributed by atoms with E-state index in [9.17, 15) is 14.7 Å². The zero-order valence-corrected chi connectivity index (χ0v) is 15.0. The van der Waals surface area contributed by atoms with Gasteiger partial charge in [-0.1, -0.05) is 20.3 Å². The van der Waals surface area contributed by atoms with E-state index in [4.69, 9.17) is 0 Å². The molecule has 2 N–H and O–H groups in total. The summed E-state index contributed by atoms with van der Waals surface area (Å²) in [5.74, 6) is 0.805. The van der Waals surface area contributed by atoms with Crippen LogP contribution in [-0.4, -0.2) is 47.8 Å². The minimum absolute atomic E-state index is 0.129. The quantitative estimate of drug-likeness (QED) is 0.654. The van der Waals surface area contributed by atoms with Crippen LogP contribution in [0, 0.1) is 12.8 Å². The highest BCUT2D eigenvalue weighted by atomic mass is 16.3. The van der Waals surface area contributed by atoms with Crippen molar-refractivity contribution in [1.29, 1.82) is 0 Å². The first-order chi connectivity index (χ1) is 12.4. The molecule has 138 valence electrons. The predicted octanol–water partition coefficient (Wildman–Crippen LogP) is 0.271. The highest BCUT2D eigenvalue weighted by Crippen LogP contribution is 2.10. The number of aliphatic hydroxyl groups excluding tert-OH is 1. The summed E-state index contributed by atoms with van der Waals surface area (Å²) in [7, 11) is 0. The Balaban J connectivity index is 1.89. The van der Waals surface area contributed by atoms with Crippen LogP contribution in [0.4, 0.5) is 0 Å². The van der Waals surface area contributed by atoms with Crippen LogP contribution in [0.15, 0.2) is 23.3 Å². The van der Waals surface area contributed by atoms with Gasteiger partial charge in [0.1, 0.15) is 12.4 Å². The highest BCUT2D eigenvalue weighted by Gasteiger charge is 2.18. The van der Waals surface area contributed by atoms with Crippen molar-refractivity contribution in [2.24, 2.45) is 5.92 Å². The molecule has 0 aromatic carbocycles. The van der Waals surface area contributed by atoms with E-state index in [1.165, 1.54) is 15.3 Å². The van der Waals surface area contributed by atoms with Crippen molar-refractivity contribution in [3.05, 3.63) is 34.6 Å². The van der Waals surface area contributed by atoms with Crippen molar-refractivity contribution < 1.29 is 9.90 Å². The van der Waals surface area contributed by atoms with E-state index in [-0.39, 0.29) is 36.6 Å². The molecule has 3 rings (SSSR count). The van der Waals surface area contributed by atoms with Gasteiger partial charge in [0.05, 0.1) is 23.6 Å². The maximum atomic E-state index is 12.7. The number of carbonyl (C=O) groups excluding carboxylic acids is 1. The lowest BCUT2D eigenvalue weighted by molar-refractivity contribution is -0.123. The minimum atomic E-state index is -0.330. The summed E-state index contributed by atoms with van der Waals surface area (Å²) in [6.45, 7) is 5.44. The summed E-state index contributed by atoms with van der Waals surface area (Å²) < 4.78 is 2.83. The third-order valence-corrected chi connectivity index (χ3v) is 4.60. The first-order valence-electron chi connectivity index (χ1n) is 8.56. The minimum Gasteiger partial charge on any atom is -0.394 e. The number of pyridine rings is 1. The lowest BCUT2D eigenvalue weighted by Gasteiger charge is -2.22. The third kappa shape index (κ3) is 3.30. The molecule has 0 aliphatic carbocycles. The average Bonchev–Trinajstić information content (AvgIpc) is 3.01. The van der Waals surface area contributed by atoms with E-state index >= 15 is 0 Å². The molecule has 0 aliphatic heterocycles. The van der Waals surface area contributed by atoms with Crippen LogP contribution in [0.1, 0.15) is 26.1 Å². The standard InChI is InChI=1S/C17H22N6O3/c1-4-10(2)13(9-24)20-15(25)8-22-6-5-14-12(16(22)26)7-18-17-19-11(3)21-23(14)17/h5-7,10,13,24H,4,8-9H2,1-3H3,(H,20,25)/t10-,13-/m0/s1. The second-order valence-electron chi connectivity index (χ2n) is 6.42. The van der Waals surface area contributed by atoms with Crippen molar-refractivity contribution in [1.82, 2.24) is 29.5 Å². The fourth-order valence-electron chi connectivity index (χ4n) is 2.84. The Morgan fingerprint density at radius 2 is 2.19 bits per heavy atom. The van der Waals surface area contributed by atoms with Crippen molar-refractivity contribution in [2.75, 3.05) is 6.61 Å². The average molecular weight is 358 g/mol. The van der Waals surface area contributed by atoms with E-state index < -0.39 is 0 Å². The number of amides is 1. The summed E-state index contributed by atoms with van der Waals surface area (Å²) in [6, 6.07) is 1.38. The molecule has 26 heavy (non-hydrogen) atoms. The molecule has 0 fully saturated rings. The number of hydrogen-bond acceptors (Lipinski definition) is 6. The number of nitrogens with one attached hydrogen (secondary N) is 1. The van der Waals surface area contributed by atoms with Crippen molar-refractivity contribution in [2.45, 2.75) is 39.8 Å². The van der Waals surface area contributed by atoms with Crippen molar-refractivity contribution in [3.63, 3.8) is 0 Å². The molecule has 0 spiro atoms. The monoisotopic (exact) mass is 358 g/mol. The van der Waals surface area contributed by atoms with E-state index in [1.807, 2.05) is 13.8 Å². The van der Waals surface area contributed by atoms with Crippen LogP contribution in [-0.2, 0) is 11.3 Å². The lowest BCUT2D eigenvalue weighted by atomic mass is 10.00. The number of nitrogens with zero attached hydrogens (tertiary/aromatic N) is 5. The smallest absolute Gasteiger partial charge is 0.262 e. The lowest BCUT2D eigenvalue weighted by Crippen LogP contribution is -2.44. The van der Waals surface area contributed by atoms with Gasteiger partial charge in [0.2, 0.25) is 5.91 Å². The Morgan fingerprint density at radius 3 is 2.88 bits per heavy atom. The summed E-state index contributed by atoms with van der Waals surface area (Å²) >= 11 is 0. The summed E-state index contributed by atoms with van der Waals surface area (Å²) in [5, 5.41) is 16.8. The molecule has 0 saturated carbocycles. The summed E-state index contributed by atoms with van der Waals surface area (Å²) in [4.78, 5) is 33.3. The Bertz CT molecular complexity index is 1010. The normalized spacial score (nSPS) is 13.8. The zero-order chi connectivity index (χ0) is 18.8. The van der Waals surface area contributed by atoms with Crippen LogP contribution < -0.4 is 10.9 Å². The van der Waals surface area contributed by atoms with Gasteiger partial charge in [-0.25, -0.2) is 4.98 Å². The van der Waals surface area contributed by atoms with Crippen molar-refractivity contribution in [3.8, 4) is 0 Å². The molecule has 0 aliphatic rings. The number of rotatable bonds is 6. The Morgan fingerprint density at radius 1 is 1.42 bits per heavy atom. The molecule has 0 saturated heterocycles. The molecular weight excluding hydrogens is 336 g/mol. The Labute approximate surface area is 149 Å². The van der Waals surface area contributed by atoms with Crippen LogP contribution in [0.2, 0.25) is 0 Å². The third-order valence-electron chi connectivity index (χ3n) is 4.60. The topological polar surface area (TPSA) is 114 Å². The molecule has 9 nitrogen and oxygen atoms in total. The molecule has 3 aromatic heterocycles. The largest absolute Gasteiger partial charge is 0.394 e. The second-order valence-corrected chi connectivity index (χ2v) is 6.42. The van der Waals surface area contributed by atoms with Gasteiger partial charge in [0.25, 0.3) is 11.3 Å². The van der Waals surface area contributed by atoms with E-state index in [0.717, 1.165) is 6.42 Å². The van der Waals surface area contributed by atoms with Gasteiger partial charge in [-0.15, -0.1) is 5.10 Å².